The van der Waals surface area contributed by atoms with E-state index in [0.29, 0.717) is 19.6 Å². The fourth-order valence-electron chi connectivity index (χ4n) is 1.86. The van der Waals surface area contributed by atoms with Crippen molar-refractivity contribution in [3.8, 4) is 0 Å². The fraction of sp³-hybridized carbons (Fsp3) is 0.667. The van der Waals surface area contributed by atoms with Crippen LogP contribution in [0.15, 0.2) is 6.20 Å². The molecule has 2 N–H and O–H groups in total. The van der Waals surface area contributed by atoms with Gasteiger partial charge in [0.2, 0.25) is 0 Å². The lowest BCUT2D eigenvalue weighted by molar-refractivity contribution is 0.585. The molecule has 0 atom stereocenters. The number of nitrogens with zero attached hydrogens (tertiary/aromatic N) is 3. The molecule has 0 radical (unpaired) electrons. The normalized spacial score (nSPS) is 20.0. The molecule has 0 aromatic carbocycles. The molecule has 1 aromatic heterocycles. The summed E-state index contributed by atoms with van der Waals surface area (Å²) in [6.45, 7) is 1.44. The van der Waals surface area contributed by atoms with Gasteiger partial charge in [-0.25, -0.2) is 8.42 Å². The Bertz CT molecular complexity index is 466. The van der Waals surface area contributed by atoms with Crippen molar-refractivity contribution in [1.82, 2.24) is 9.78 Å². The minimum Gasteiger partial charge on any atom is -0.353 e. The minimum atomic E-state index is -2.84. The number of rotatable bonds is 2. The van der Waals surface area contributed by atoms with E-state index in [1.165, 1.54) is 0 Å². The molecule has 0 amide bonds. The predicted molar refractivity (Wildman–Crippen MR) is 62.0 cm³/mol. The van der Waals surface area contributed by atoms with Crippen LogP contribution in [0.5, 0.6) is 0 Å². The van der Waals surface area contributed by atoms with Crippen LogP contribution in [-0.2, 0) is 23.4 Å². The SMILES string of the molecule is Cn1cc(CN)c(N2CCS(=O)(=O)CC2)n1. The van der Waals surface area contributed by atoms with Crippen molar-refractivity contribution >= 4 is 15.7 Å². The summed E-state index contributed by atoms with van der Waals surface area (Å²) in [6.07, 6.45) is 1.87. The van der Waals surface area contributed by atoms with E-state index in [0.717, 1.165) is 11.4 Å². The van der Waals surface area contributed by atoms with E-state index in [1.807, 2.05) is 18.1 Å². The first-order valence-electron chi connectivity index (χ1n) is 5.20. The quantitative estimate of drug-likeness (QED) is 0.730. The van der Waals surface area contributed by atoms with E-state index in [2.05, 4.69) is 5.10 Å². The first kappa shape index (κ1) is 11.4. The van der Waals surface area contributed by atoms with Crippen molar-refractivity contribution in [1.29, 1.82) is 0 Å². The molecule has 1 aliphatic heterocycles. The number of hydrogen-bond acceptors (Lipinski definition) is 5. The molecule has 2 rings (SSSR count). The van der Waals surface area contributed by atoms with Crippen LogP contribution in [0.1, 0.15) is 5.56 Å². The van der Waals surface area contributed by atoms with Crippen molar-refractivity contribution in [2.45, 2.75) is 6.54 Å². The summed E-state index contributed by atoms with van der Waals surface area (Å²) < 4.78 is 24.3. The summed E-state index contributed by atoms with van der Waals surface area (Å²) in [5.74, 6) is 1.22. The summed E-state index contributed by atoms with van der Waals surface area (Å²) >= 11 is 0. The van der Waals surface area contributed by atoms with Crippen molar-refractivity contribution < 1.29 is 8.42 Å². The molecule has 1 fully saturated rings. The third-order valence-corrected chi connectivity index (χ3v) is 4.36. The highest BCUT2D eigenvalue weighted by Gasteiger charge is 2.24. The van der Waals surface area contributed by atoms with E-state index in [1.54, 1.807) is 4.68 Å². The maximum absolute atomic E-state index is 11.3. The van der Waals surface area contributed by atoms with Crippen molar-refractivity contribution in [2.75, 3.05) is 29.5 Å². The first-order valence-corrected chi connectivity index (χ1v) is 7.02. The number of aryl methyl sites for hydroxylation is 1. The number of aromatic nitrogens is 2. The summed E-state index contributed by atoms with van der Waals surface area (Å²) in [5, 5.41) is 4.32. The van der Waals surface area contributed by atoms with E-state index >= 15 is 0 Å². The summed E-state index contributed by atoms with van der Waals surface area (Å²) in [4.78, 5) is 1.99. The van der Waals surface area contributed by atoms with Gasteiger partial charge in [0.15, 0.2) is 15.7 Å². The molecular formula is C9H16N4O2S. The number of anilines is 1. The van der Waals surface area contributed by atoms with Crippen molar-refractivity contribution in [3.63, 3.8) is 0 Å². The maximum Gasteiger partial charge on any atom is 0.155 e. The zero-order valence-corrected chi connectivity index (χ0v) is 10.1. The van der Waals surface area contributed by atoms with Crippen LogP contribution in [0.4, 0.5) is 5.82 Å². The fourth-order valence-corrected chi connectivity index (χ4v) is 3.06. The van der Waals surface area contributed by atoms with Gasteiger partial charge >= 0.3 is 0 Å². The average molecular weight is 244 g/mol. The van der Waals surface area contributed by atoms with Gasteiger partial charge < -0.3 is 10.6 Å². The second kappa shape index (κ2) is 4.06. The van der Waals surface area contributed by atoms with Gasteiger partial charge in [-0.2, -0.15) is 5.10 Å². The first-order chi connectivity index (χ1) is 7.52. The predicted octanol–water partition coefficient (Wildman–Crippen LogP) is -0.886. The minimum absolute atomic E-state index is 0.202. The molecule has 1 aliphatic rings. The second-order valence-electron chi connectivity index (χ2n) is 3.99. The van der Waals surface area contributed by atoms with E-state index in [9.17, 15) is 8.42 Å². The van der Waals surface area contributed by atoms with Gasteiger partial charge in [0.25, 0.3) is 0 Å². The van der Waals surface area contributed by atoms with Crippen LogP contribution < -0.4 is 10.6 Å². The zero-order valence-electron chi connectivity index (χ0n) is 9.26. The van der Waals surface area contributed by atoms with Crippen LogP contribution in [0.3, 0.4) is 0 Å². The highest BCUT2D eigenvalue weighted by atomic mass is 32.2. The van der Waals surface area contributed by atoms with Gasteiger partial charge in [-0.3, -0.25) is 4.68 Å². The lowest BCUT2D eigenvalue weighted by Gasteiger charge is -2.27. The van der Waals surface area contributed by atoms with Crippen molar-refractivity contribution in [2.24, 2.45) is 12.8 Å². The highest BCUT2D eigenvalue weighted by Crippen LogP contribution is 2.19. The van der Waals surface area contributed by atoms with E-state index < -0.39 is 9.84 Å². The molecule has 6 nitrogen and oxygen atoms in total. The number of nitrogens with two attached hydrogens (primary N) is 1. The molecule has 0 saturated carbocycles. The second-order valence-corrected chi connectivity index (χ2v) is 6.30. The largest absolute Gasteiger partial charge is 0.353 e. The van der Waals surface area contributed by atoms with Crippen LogP contribution in [0.25, 0.3) is 0 Å². The molecule has 90 valence electrons. The summed E-state index contributed by atoms with van der Waals surface area (Å²) in [7, 11) is -1.01. The molecule has 0 unspecified atom stereocenters. The van der Waals surface area contributed by atoms with Gasteiger partial charge in [0, 0.05) is 38.4 Å². The third kappa shape index (κ3) is 2.19. The average Bonchev–Trinajstić information content (AvgIpc) is 2.59. The summed E-state index contributed by atoms with van der Waals surface area (Å²) in [5.41, 5.74) is 6.59. The number of sulfone groups is 1. The van der Waals surface area contributed by atoms with Gasteiger partial charge in [-0.1, -0.05) is 0 Å². The Morgan fingerprint density at radius 1 is 1.44 bits per heavy atom. The molecule has 0 bridgehead atoms. The number of hydrogen-bond donors (Lipinski definition) is 1. The van der Waals surface area contributed by atoms with Crippen LogP contribution >= 0.6 is 0 Å². The van der Waals surface area contributed by atoms with Gasteiger partial charge in [0.05, 0.1) is 11.5 Å². The Labute approximate surface area is 94.9 Å². The standard InChI is InChI=1S/C9H16N4O2S/c1-12-7-8(6-10)9(11-12)13-2-4-16(14,15)5-3-13/h7H,2-6,10H2,1H3. The molecule has 0 aliphatic carbocycles. The zero-order chi connectivity index (χ0) is 11.8. The molecule has 1 saturated heterocycles. The third-order valence-electron chi connectivity index (χ3n) is 2.75. The Kier molecular flexibility index (Phi) is 2.90. The Morgan fingerprint density at radius 3 is 2.62 bits per heavy atom. The van der Waals surface area contributed by atoms with E-state index in [4.69, 9.17) is 5.73 Å². The van der Waals surface area contributed by atoms with Gasteiger partial charge in [-0.15, -0.1) is 0 Å². The highest BCUT2D eigenvalue weighted by molar-refractivity contribution is 7.91. The summed E-state index contributed by atoms with van der Waals surface area (Å²) in [6, 6.07) is 0. The molecule has 0 spiro atoms. The van der Waals surface area contributed by atoms with Crippen molar-refractivity contribution in [3.05, 3.63) is 11.8 Å². The molecule has 16 heavy (non-hydrogen) atoms. The van der Waals surface area contributed by atoms with Gasteiger partial charge in [0.1, 0.15) is 0 Å². The molecular weight excluding hydrogens is 228 g/mol. The lowest BCUT2D eigenvalue weighted by Crippen LogP contribution is -2.41. The van der Waals surface area contributed by atoms with Crippen LogP contribution in [0, 0.1) is 0 Å². The van der Waals surface area contributed by atoms with Gasteiger partial charge in [-0.05, 0) is 0 Å². The Morgan fingerprint density at radius 2 is 2.06 bits per heavy atom. The molecule has 2 heterocycles. The lowest BCUT2D eigenvalue weighted by atomic mass is 10.3. The molecule has 7 heteroatoms. The molecule has 1 aromatic rings. The monoisotopic (exact) mass is 244 g/mol. The topological polar surface area (TPSA) is 81.2 Å². The van der Waals surface area contributed by atoms with E-state index in [-0.39, 0.29) is 11.5 Å². The smallest absolute Gasteiger partial charge is 0.155 e. The Balaban J connectivity index is 2.19. The Hall–Kier alpha value is -1.08. The maximum atomic E-state index is 11.3. The van der Waals surface area contributed by atoms with Crippen LogP contribution in [0.2, 0.25) is 0 Å². The van der Waals surface area contributed by atoms with Crippen LogP contribution in [-0.4, -0.2) is 42.8 Å².